The van der Waals surface area contributed by atoms with Gasteiger partial charge in [0.1, 0.15) is 0 Å². The lowest BCUT2D eigenvalue weighted by Gasteiger charge is -2.36. The molecule has 0 fully saturated rings. The molecule has 2 aliphatic heterocycles. The molecule has 1 aromatic heterocycles. The summed E-state index contributed by atoms with van der Waals surface area (Å²) in [7, 11) is 0. The van der Waals surface area contributed by atoms with Crippen LogP contribution in [0.4, 0.5) is 17.1 Å². The standard InChI is InChI=1S/C38H25BN2/c1-4-13-26(14-5-1)27-23-24-32-35(25-27)40(28-15-6-2-7-16-28)34-22-12-20-31-36-30-19-10-11-21-33(30)41(29-17-8-3-9-18-29)38(36)39(32)37(31)34/h1-25H/i2D,6D,7D,15D,16D. The number of para-hydroxylation sites is 3. The molecule has 41 heavy (non-hydrogen) atoms. The lowest BCUT2D eigenvalue weighted by Crippen LogP contribution is -2.56. The predicted molar refractivity (Wildman–Crippen MR) is 173 cm³/mol. The van der Waals surface area contributed by atoms with Gasteiger partial charge in [-0.15, -0.1) is 0 Å². The quantitative estimate of drug-likeness (QED) is 0.216. The van der Waals surface area contributed by atoms with Gasteiger partial charge >= 0.3 is 0 Å². The van der Waals surface area contributed by atoms with Crippen molar-refractivity contribution in [2.45, 2.75) is 0 Å². The van der Waals surface area contributed by atoms with E-state index in [1.807, 2.05) is 41.3 Å². The summed E-state index contributed by atoms with van der Waals surface area (Å²) in [5, 5.41) is 1.15. The summed E-state index contributed by atoms with van der Waals surface area (Å²) < 4.78 is 45.8. The van der Waals surface area contributed by atoms with E-state index in [2.05, 4.69) is 89.5 Å². The zero-order chi connectivity index (χ0) is 31.3. The van der Waals surface area contributed by atoms with E-state index in [1.54, 1.807) is 0 Å². The topological polar surface area (TPSA) is 8.17 Å². The summed E-state index contributed by atoms with van der Waals surface area (Å²) in [6.07, 6.45) is 0. The Hall–Kier alpha value is -5.28. The summed E-state index contributed by atoms with van der Waals surface area (Å²) in [5.41, 5.74) is 11.5. The van der Waals surface area contributed by atoms with Gasteiger partial charge in [0.25, 0.3) is 6.71 Å². The average molecular weight is 525 g/mol. The molecule has 3 heterocycles. The Morgan fingerprint density at radius 1 is 0.585 bits per heavy atom. The minimum Gasteiger partial charge on any atom is -0.321 e. The summed E-state index contributed by atoms with van der Waals surface area (Å²) >= 11 is 0. The van der Waals surface area contributed by atoms with E-state index in [4.69, 9.17) is 6.85 Å². The maximum absolute atomic E-state index is 9.03. The minimum absolute atomic E-state index is 0.144. The van der Waals surface area contributed by atoms with Gasteiger partial charge in [-0.3, -0.25) is 0 Å². The van der Waals surface area contributed by atoms with Gasteiger partial charge in [-0.25, -0.2) is 0 Å². The van der Waals surface area contributed by atoms with Gasteiger partial charge in [0, 0.05) is 39.3 Å². The molecule has 7 aromatic rings. The molecule has 0 aliphatic carbocycles. The fourth-order valence-electron chi connectivity index (χ4n) is 6.90. The van der Waals surface area contributed by atoms with Gasteiger partial charge in [-0.1, -0.05) is 109 Å². The highest BCUT2D eigenvalue weighted by Gasteiger charge is 2.45. The molecule has 0 unspecified atom stereocenters. The van der Waals surface area contributed by atoms with Crippen LogP contribution in [0.5, 0.6) is 0 Å². The van der Waals surface area contributed by atoms with Crippen LogP contribution >= 0.6 is 0 Å². The third-order valence-electron chi connectivity index (χ3n) is 8.48. The molecule has 0 radical (unpaired) electrons. The van der Waals surface area contributed by atoms with Gasteiger partial charge in [0.2, 0.25) is 0 Å². The van der Waals surface area contributed by atoms with Crippen molar-refractivity contribution in [3.05, 3.63) is 152 Å². The third-order valence-corrected chi connectivity index (χ3v) is 8.48. The Morgan fingerprint density at radius 3 is 2.17 bits per heavy atom. The van der Waals surface area contributed by atoms with Gasteiger partial charge in [-0.2, -0.15) is 0 Å². The SMILES string of the molecule is [2H]c1c([2H])c([2H])c(N2c3cc(-c4ccccc4)ccc3B3c4c(cccc42)-c2c3n(-c3ccccc3)c3ccccc23)c([2H])c1[2H]. The van der Waals surface area contributed by atoms with Crippen LogP contribution in [-0.4, -0.2) is 11.3 Å². The number of hydrogen-bond acceptors (Lipinski definition) is 1. The van der Waals surface area contributed by atoms with Crippen molar-refractivity contribution in [2.24, 2.45) is 0 Å². The van der Waals surface area contributed by atoms with Crippen LogP contribution in [0.2, 0.25) is 0 Å². The first-order valence-electron chi connectivity index (χ1n) is 16.3. The molecule has 0 N–H and O–H groups in total. The number of aromatic nitrogens is 1. The van der Waals surface area contributed by atoms with Crippen LogP contribution in [0.3, 0.4) is 0 Å². The third kappa shape index (κ3) is 3.15. The molecule has 0 bridgehead atoms. The first kappa shape index (κ1) is 18.1. The molecule has 3 heteroatoms. The van der Waals surface area contributed by atoms with Gasteiger partial charge in [0.05, 0.1) is 12.4 Å². The molecule has 0 saturated carbocycles. The van der Waals surface area contributed by atoms with Crippen molar-refractivity contribution < 1.29 is 6.85 Å². The van der Waals surface area contributed by atoms with Crippen LogP contribution in [0.15, 0.2) is 152 Å². The van der Waals surface area contributed by atoms with E-state index in [1.165, 1.54) is 11.2 Å². The first-order valence-corrected chi connectivity index (χ1v) is 13.8. The van der Waals surface area contributed by atoms with Crippen LogP contribution in [-0.2, 0) is 0 Å². The van der Waals surface area contributed by atoms with Crippen LogP contribution in [0.1, 0.15) is 6.85 Å². The monoisotopic (exact) mass is 525 g/mol. The maximum Gasteiger partial charge on any atom is 0.269 e. The van der Waals surface area contributed by atoms with E-state index in [0.29, 0.717) is 0 Å². The number of hydrogen-bond donors (Lipinski definition) is 0. The number of fused-ring (bicyclic) bond motifs is 7. The molecule has 0 saturated heterocycles. The van der Waals surface area contributed by atoms with Gasteiger partial charge in [-0.05, 0) is 70.0 Å². The fraction of sp³-hybridized carbons (Fsp3) is 0. The first-order chi connectivity index (χ1) is 22.5. The lowest BCUT2D eigenvalue weighted by molar-refractivity contribution is 1.17. The number of anilines is 3. The summed E-state index contributed by atoms with van der Waals surface area (Å²) in [5.74, 6) is 0. The molecule has 0 atom stereocenters. The summed E-state index contributed by atoms with van der Waals surface area (Å²) in [6, 6.07) is 40.1. The average Bonchev–Trinajstić information content (AvgIpc) is 3.62. The molecular formula is C38H25BN2. The molecule has 190 valence electrons. The Balaban J connectivity index is 1.42. The molecule has 9 rings (SSSR count). The maximum atomic E-state index is 9.03. The van der Waals surface area contributed by atoms with Gasteiger partial charge in [0.15, 0.2) is 0 Å². The Labute approximate surface area is 246 Å². The number of rotatable bonds is 3. The second kappa shape index (κ2) is 8.61. The fourth-order valence-corrected chi connectivity index (χ4v) is 6.90. The summed E-state index contributed by atoms with van der Waals surface area (Å²) in [6.45, 7) is -0.144. The Morgan fingerprint density at radius 2 is 1.34 bits per heavy atom. The van der Waals surface area contributed by atoms with E-state index < -0.39 is 6.04 Å². The van der Waals surface area contributed by atoms with Crippen LogP contribution in [0.25, 0.3) is 38.8 Å². The van der Waals surface area contributed by atoms with Crippen molar-refractivity contribution in [1.82, 2.24) is 4.57 Å². The highest BCUT2D eigenvalue weighted by atomic mass is 15.2. The zero-order valence-corrected chi connectivity index (χ0v) is 22.0. The largest absolute Gasteiger partial charge is 0.321 e. The van der Waals surface area contributed by atoms with E-state index in [9.17, 15) is 0 Å². The zero-order valence-electron chi connectivity index (χ0n) is 27.0. The Bertz CT molecular complexity index is 2360. The van der Waals surface area contributed by atoms with Crippen molar-refractivity contribution >= 4 is 51.2 Å². The summed E-state index contributed by atoms with van der Waals surface area (Å²) in [4.78, 5) is 1.90. The van der Waals surface area contributed by atoms with Crippen LogP contribution < -0.4 is 21.4 Å². The van der Waals surface area contributed by atoms with Crippen molar-refractivity contribution in [3.8, 4) is 27.9 Å². The normalized spacial score (nSPS) is 14.5. The molecular weight excluding hydrogens is 495 g/mol. The number of nitrogens with zero attached hydrogens (tertiary/aromatic N) is 2. The highest BCUT2D eigenvalue weighted by Crippen LogP contribution is 2.44. The highest BCUT2D eigenvalue weighted by molar-refractivity contribution is 7.01. The van der Waals surface area contributed by atoms with Crippen molar-refractivity contribution in [3.63, 3.8) is 0 Å². The second-order valence-corrected chi connectivity index (χ2v) is 10.6. The molecule has 0 spiro atoms. The predicted octanol–water partition coefficient (Wildman–Crippen LogP) is 7.58. The van der Waals surface area contributed by atoms with Crippen molar-refractivity contribution in [2.75, 3.05) is 4.90 Å². The van der Waals surface area contributed by atoms with E-state index in [-0.39, 0.29) is 36.6 Å². The Kier molecular flexibility index (Phi) is 3.81. The lowest BCUT2D eigenvalue weighted by atomic mass is 9.38. The molecule has 0 amide bonds. The number of benzene rings is 6. The molecule has 2 nitrogen and oxygen atoms in total. The van der Waals surface area contributed by atoms with Crippen LogP contribution in [0, 0.1) is 0 Å². The minimum atomic E-state index is -0.402. The molecule has 2 aliphatic rings. The van der Waals surface area contributed by atoms with Crippen molar-refractivity contribution in [1.29, 1.82) is 0 Å². The smallest absolute Gasteiger partial charge is 0.269 e. The van der Waals surface area contributed by atoms with E-state index >= 15 is 0 Å². The van der Waals surface area contributed by atoms with E-state index in [0.717, 1.165) is 55.6 Å². The second-order valence-electron chi connectivity index (χ2n) is 10.6. The van der Waals surface area contributed by atoms with Gasteiger partial charge < -0.3 is 9.47 Å². The molecule has 6 aromatic carbocycles.